The highest BCUT2D eigenvalue weighted by molar-refractivity contribution is 14.1. The van der Waals surface area contributed by atoms with E-state index >= 15 is 0 Å². The van der Waals surface area contributed by atoms with E-state index in [0.717, 1.165) is 40.6 Å². The Labute approximate surface area is 224 Å². The largest absolute Gasteiger partial charge is 0.496 e. The SMILES string of the molecule is COc1cccc(C(=O)NC2CC3CCC(C2)N3c2ccc(C(=O)NCc3ccccc3)cn2)c1I. The van der Waals surface area contributed by atoms with Gasteiger partial charge in [0.15, 0.2) is 0 Å². The van der Waals surface area contributed by atoms with Gasteiger partial charge < -0.3 is 20.3 Å². The van der Waals surface area contributed by atoms with Gasteiger partial charge in [-0.15, -0.1) is 0 Å². The Hall–Kier alpha value is -3.14. The van der Waals surface area contributed by atoms with Gasteiger partial charge in [0.1, 0.15) is 11.6 Å². The van der Waals surface area contributed by atoms with Crippen molar-refractivity contribution in [2.24, 2.45) is 0 Å². The second-order valence-corrected chi connectivity index (χ2v) is 10.4. The minimum atomic E-state index is -0.130. The lowest BCUT2D eigenvalue weighted by molar-refractivity contribution is 0.0923. The van der Waals surface area contributed by atoms with Gasteiger partial charge in [0.05, 0.1) is 21.8 Å². The van der Waals surface area contributed by atoms with Crippen molar-refractivity contribution in [1.29, 1.82) is 0 Å². The number of piperidine rings is 1. The van der Waals surface area contributed by atoms with Crippen molar-refractivity contribution in [1.82, 2.24) is 15.6 Å². The van der Waals surface area contributed by atoms with E-state index in [4.69, 9.17) is 4.74 Å². The zero-order valence-electron chi connectivity index (χ0n) is 20.1. The maximum atomic E-state index is 13.0. The van der Waals surface area contributed by atoms with Crippen LogP contribution in [-0.2, 0) is 6.54 Å². The van der Waals surface area contributed by atoms with Crippen LogP contribution in [0.2, 0.25) is 0 Å². The van der Waals surface area contributed by atoms with Crippen molar-refractivity contribution in [3.05, 3.63) is 87.1 Å². The summed E-state index contributed by atoms with van der Waals surface area (Å²) in [6.07, 6.45) is 5.57. The summed E-state index contributed by atoms with van der Waals surface area (Å²) < 4.78 is 6.19. The number of ether oxygens (including phenoxy) is 1. The Kier molecular flexibility index (Phi) is 7.41. The number of nitrogens with zero attached hydrogens (tertiary/aromatic N) is 2. The van der Waals surface area contributed by atoms with Gasteiger partial charge in [0.2, 0.25) is 0 Å². The molecule has 7 nitrogen and oxygen atoms in total. The molecule has 0 saturated carbocycles. The number of hydrogen-bond donors (Lipinski definition) is 2. The molecule has 2 N–H and O–H groups in total. The van der Waals surface area contributed by atoms with Crippen LogP contribution in [0.1, 0.15) is 52.0 Å². The number of benzene rings is 2. The molecule has 36 heavy (non-hydrogen) atoms. The fourth-order valence-electron chi connectivity index (χ4n) is 5.33. The van der Waals surface area contributed by atoms with E-state index in [1.807, 2.05) is 60.7 Å². The molecule has 186 valence electrons. The van der Waals surface area contributed by atoms with Gasteiger partial charge in [-0.1, -0.05) is 36.4 Å². The van der Waals surface area contributed by atoms with Gasteiger partial charge in [-0.2, -0.15) is 0 Å². The molecule has 0 spiro atoms. The molecule has 2 aliphatic rings. The number of pyridine rings is 1. The van der Waals surface area contributed by atoms with Crippen LogP contribution in [-0.4, -0.2) is 42.0 Å². The van der Waals surface area contributed by atoms with Gasteiger partial charge in [-0.3, -0.25) is 9.59 Å². The zero-order valence-corrected chi connectivity index (χ0v) is 22.3. The van der Waals surface area contributed by atoms with Crippen LogP contribution in [0.3, 0.4) is 0 Å². The van der Waals surface area contributed by atoms with Crippen LogP contribution in [0.4, 0.5) is 5.82 Å². The van der Waals surface area contributed by atoms with Gasteiger partial charge in [-0.05, 0) is 78.1 Å². The molecule has 0 aliphatic carbocycles. The molecule has 1 aromatic heterocycles. The molecule has 2 fully saturated rings. The number of aromatic nitrogens is 1. The van der Waals surface area contributed by atoms with Crippen LogP contribution in [0.5, 0.6) is 5.75 Å². The molecule has 8 heteroatoms. The molecular formula is C28H29IN4O3. The molecule has 2 bridgehead atoms. The third-order valence-electron chi connectivity index (χ3n) is 7.07. The molecular weight excluding hydrogens is 567 g/mol. The molecule has 3 aromatic rings. The summed E-state index contributed by atoms with van der Waals surface area (Å²) in [5, 5.41) is 6.20. The molecule has 2 unspecified atom stereocenters. The van der Waals surface area contributed by atoms with Crippen LogP contribution >= 0.6 is 22.6 Å². The number of fused-ring (bicyclic) bond motifs is 2. The Bertz CT molecular complexity index is 1220. The topological polar surface area (TPSA) is 83.6 Å². The zero-order chi connectivity index (χ0) is 25.1. The average molecular weight is 596 g/mol. The van der Waals surface area contributed by atoms with Crippen molar-refractivity contribution >= 4 is 40.2 Å². The van der Waals surface area contributed by atoms with Gasteiger partial charge >= 0.3 is 0 Å². The lowest BCUT2D eigenvalue weighted by Gasteiger charge is -2.40. The standard InChI is InChI=1S/C28H29IN4O3/c1-36-24-9-5-8-23(26(24)29)28(35)32-20-14-21-11-12-22(15-20)33(21)25-13-10-19(17-30-25)27(34)31-16-18-6-3-2-4-7-18/h2-10,13,17,20-22H,11-12,14-16H2,1H3,(H,31,34)(H,32,35). The van der Waals surface area contributed by atoms with E-state index in [2.05, 4.69) is 43.1 Å². The van der Waals surface area contributed by atoms with E-state index in [1.165, 1.54) is 0 Å². The van der Waals surface area contributed by atoms with E-state index < -0.39 is 0 Å². The molecule has 2 atom stereocenters. The Morgan fingerprint density at radius 1 is 1.00 bits per heavy atom. The van der Waals surface area contributed by atoms with Crippen molar-refractivity contribution in [2.45, 2.75) is 50.4 Å². The van der Waals surface area contributed by atoms with Crippen LogP contribution in [0.25, 0.3) is 0 Å². The van der Waals surface area contributed by atoms with E-state index in [1.54, 1.807) is 13.3 Å². The molecule has 0 radical (unpaired) electrons. The van der Waals surface area contributed by atoms with Gasteiger partial charge in [-0.25, -0.2) is 4.98 Å². The normalized spacial score (nSPS) is 20.6. The van der Waals surface area contributed by atoms with Gasteiger partial charge in [0.25, 0.3) is 11.8 Å². The number of rotatable bonds is 7. The minimum absolute atomic E-state index is 0.0554. The van der Waals surface area contributed by atoms with E-state index in [-0.39, 0.29) is 17.9 Å². The molecule has 5 rings (SSSR count). The average Bonchev–Trinajstić information content (AvgIpc) is 3.18. The first-order chi connectivity index (χ1) is 17.5. The Morgan fingerprint density at radius 2 is 1.75 bits per heavy atom. The molecule has 3 heterocycles. The first-order valence-corrected chi connectivity index (χ1v) is 13.3. The maximum absolute atomic E-state index is 13.0. The van der Waals surface area contributed by atoms with Crippen LogP contribution < -0.4 is 20.3 Å². The number of halogens is 1. The lowest BCUT2D eigenvalue weighted by atomic mass is 9.96. The summed E-state index contributed by atoms with van der Waals surface area (Å²) in [5.74, 6) is 1.42. The smallest absolute Gasteiger partial charge is 0.253 e. The van der Waals surface area contributed by atoms with Crippen molar-refractivity contribution in [3.63, 3.8) is 0 Å². The summed E-state index contributed by atoms with van der Waals surface area (Å²) >= 11 is 2.17. The first kappa shape index (κ1) is 24.5. The third-order valence-corrected chi connectivity index (χ3v) is 8.18. The second-order valence-electron chi connectivity index (χ2n) is 9.33. The Morgan fingerprint density at radius 3 is 2.42 bits per heavy atom. The number of amides is 2. The number of methoxy groups -OCH3 is 1. The fourth-order valence-corrected chi connectivity index (χ4v) is 6.15. The quantitative estimate of drug-likeness (QED) is 0.391. The summed E-state index contributed by atoms with van der Waals surface area (Å²) in [4.78, 5) is 32.6. The highest BCUT2D eigenvalue weighted by Gasteiger charge is 2.42. The summed E-state index contributed by atoms with van der Waals surface area (Å²) in [7, 11) is 1.62. The highest BCUT2D eigenvalue weighted by atomic mass is 127. The minimum Gasteiger partial charge on any atom is -0.496 e. The highest BCUT2D eigenvalue weighted by Crippen LogP contribution is 2.38. The molecule has 2 amide bonds. The molecule has 2 aliphatic heterocycles. The molecule has 2 saturated heterocycles. The third kappa shape index (κ3) is 5.18. The number of nitrogens with one attached hydrogen (secondary N) is 2. The predicted octanol–water partition coefficient (Wildman–Crippen LogP) is 4.55. The predicted molar refractivity (Wildman–Crippen MR) is 147 cm³/mol. The van der Waals surface area contributed by atoms with Crippen molar-refractivity contribution in [2.75, 3.05) is 12.0 Å². The molecule has 2 aromatic carbocycles. The van der Waals surface area contributed by atoms with Crippen LogP contribution in [0.15, 0.2) is 66.9 Å². The van der Waals surface area contributed by atoms with E-state index in [0.29, 0.717) is 35.5 Å². The van der Waals surface area contributed by atoms with Crippen molar-refractivity contribution < 1.29 is 14.3 Å². The monoisotopic (exact) mass is 596 g/mol. The van der Waals surface area contributed by atoms with Gasteiger partial charge in [0, 0.05) is 30.9 Å². The van der Waals surface area contributed by atoms with E-state index in [9.17, 15) is 9.59 Å². The maximum Gasteiger partial charge on any atom is 0.253 e. The number of hydrogen-bond acceptors (Lipinski definition) is 5. The van der Waals surface area contributed by atoms with Crippen LogP contribution in [0, 0.1) is 3.57 Å². The number of carbonyl (C=O) groups excluding carboxylic acids is 2. The summed E-state index contributed by atoms with van der Waals surface area (Å²) in [6, 6.07) is 20.0. The lowest BCUT2D eigenvalue weighted by Crippen LogP contribution is -2.50. The first-order valence-electron chi connectivity index (χ1n) is 12.2. The Balaban J connectivity index is 1.20. The number of anilines is 1. The number of carbonyl (C=O) groups is 2. The van der Waals surface area contributed by atoms with Crippen molar-refractivity contribution in [3.8, 4) is 5.75 Å². The summed E-state index contributed by atoms with van der Waals surface area (Å²) in [6.45, 7) is 0.486. The fraction of sp³-hybridized carbons (Fsp3) is 0.321. The summed E-state index contributed by atoms with van der Waals surface area (Å²) in [5.41, 5.74) is 2.26. The second kappa shape index (κ2) is 10.9.